The Morgan fingerprint density at radius 3 is 0.759 bits per heavy atom. The van der Waals surface area contributed by atoms with Crippen molar-refractivity contribution < 1.29 is 19.4 Å². The molecule has 0 aromatic heterocycles. The van der Waals surface area contributed by atoms with Crippen LogP contribution >= 0.6 is 0 Å². The average Bonchev–Trinajstić information content (AvgIpc) is 3.21. The number of carboxylic acids is 1. The summed E-state index contributed by atoms with van der Waals surface area (Å²) in [5, 5.41) is 8.88. The summed E-state index contributed by atoms with van der Waals surface area (Å²) in [4.78, 5) is 23.6. The first-order valence-electron chi connectivity index (χ1n) is 27.0. The van der Waals surface area contributed by atoms with E-state index >= 15 is 0 Å². The summed E-state index contributed by atoms with van der Waals surface area (Å²) in [6.07, 6.45) is 63.2. The molecule has 0 aromatic carbocycles. The van der Waals surface area contributed by atoms with Crippen molar-refractivity contribution >= 4 is 11.9 Å². The highest BCUT2D eigenvalue weighted by atomic mass is 16.5. The highest BCUT2D eigenvalue weighted by Crippen LogP contribution is 2.20. The molecule has 1 N–H and O–H groups in total. The number of esters is 1. The van der Waals surface area contributed by atoms with Crippen LogP contribution in [0.2, 0.25) is 0 Å². The molecule has 1 unspecified atom stereocenters. The number of hydrogen-bond acceptors (Lipinski definition) is 3. The molecule has 4 heteroatoms. The van der Waals surface area contributed by atoms with Gasteiger partial charge in [0, 0.05) is 12.8 Å². The molecule has 0 fully saturated rings. The van der Waals surface area contributed by atoms with Gasteiger partial charge in [-0.15, -0.1) is 0 Å². The zero-order valence-electron chi connectivity index (χ0n) is 39.9. The van der Waals surface area contributed by atoms with Gasteiger partial charge in [-0.1, -0.05) is 277 Å². The Bertz CT molecular complexity index is 796. The van der Waals surface area contributed by atoms with Gasteiger partial charge in [-0.2, -0.15) is 0 Å². The van der Waals surface area contributed by atoms with Gasteiger partial charge in [0.25, 0.3) is 0 Å². The van der Waals surface area contributed by atoms with Crippen molar-refractivity contribution in [3.63, 3.8) is 0 Å². The maximum absolute atomic E-state index is 12.8. The first-order chi connectivity index (χ1) is 28.6. The second-order valence-corrected chi connectivity index (χ2v) is 18.8. The van der Waals surface area contributed by atoms with Crippen LogP contribution in [0.3, 0.4) is 0 Å². The van der Waals surface area contributed by atoms with E-state index in [1.807, 2.05) is 0 Å². The Labute approximate surface area is 364 Å². The Balaban J connectivity index is 3.82. The Morgan fingerprint density at radius 1 is 0.310 bits per heavy atom. The molecule has 0 rings (SSSR count). The number of aliphatic carboxylic acids is 1. The monoisotopic (exact) mass is 819 g/mol. The fourth-order valence-corrected chi connectivity index (χ4v) is 8.84. The maximum atomic E-state index is 12.8. The van der Waals surface area contributed by atoms with Gasteiger partial charge in [0.2, 0.25) is 0 Å². The number of carbonyl (C=O) groups excluding carboxylic acids is 1. The summed E-state index contributed by atoms with van der Waals surface area (Å²) in [6, 6.07) is 0. The normalized spacial score (nSPS) is 12.0. The number of carbonyl (C=O) groups is 2. The number of ether oxygens (including phenoxy) is 1. The molecule has 0 aromatic rings. The molecule has 0 saturated carbocycles. The van der Waals surface area contributed by atoms with E-state index in [9.17, 15) is 9.59 Å². The molecule has 1 atom stereocenters. The molecule has 0 radical (unpaired) electrons. The van der Waals surface area contributed by atoms with Crippen molar-refractivity contribution in [3.8, 4) is 0 Å². The van der Waals surface area contributed by atoms with E-state index in [4.69, 9.17) is 9.84 Å². The molecule has 0 aliphatic heterocycles. The lowest BCUT2D eigenvalue weighted by Crippen LogP contribution is -2.18. The van der Waals surface area contributed by atoms with Crippen molar-refractivity contribution in [2.75, 3.05) is 0 Å². The lowest BCUT2D eigenvalue weighted by atomic mass is 10.0. The van der Waals surface area contributed by atoms with Crippen molar-refractivity contribution in [3.05, 3.63) is 0 Å². The third-order valence-corrected chi connectivity index (χ3v) is 12.8. The van der Waals surface area contributed by atoms with Crippen LogP contribution in [0.1, 0.15) is 328 Å². The molecule has 0 bridgehead atoms. The van der Waals surface area contributed by atoms with Crippen LogP contribution in [0.5, 0.6) is 0 Å². The molecular weight excluding hydrogens is 713 g/mol. The van der Waals surface area contributed by atoms with E-state index in [1.54, 1.807) is 0 Å². The lowest BCUT2D eigenvalue weighted by molar-refractivity contribution is -0.150. The second-order valence-electron chi connectivity index (χ2n) is 18.8. The number of carboxylic acid groups (broad SMARTS) is 1. The minimum atomic E-state index is -0.693. The van der Waals surface area contributed by atoms with Gasteiger partial charge < -0.3 is 9.84 Å². The van der Waals surface area contributed by atoms with E-state index < -0.39 is 5.97 Å². The largest absolute Gasteiger partial charge is 0.481 e. The van der Waals surface area contributed by atoms with Gasteiger partial charge in [-0.3, -0.25) is 9.59 Å². The van der Waals surface area contributed by atoms with Gasteiger partial charge in [0.15, 0.2) is 0 Å². The third-order valence-electron chi connectivity index (χ3n) is 12.8. The minimum Gasteiger partial charge on any atom is -0.481 e. The minimum absolute atomic E-state index is 0.0155. The molecule has 0 spiro atoms. The maximum Gasteiger partial charge on any atom is 0.306 e. The third kappa shape index (κ3) is 49.3. The standard InChI is InChI=1S/C54H106O4/c1-3-5-7-9-11-13-15-17-19-21-22-23-24-25-26-27-28-30-32-34-36-38-43-47-51-54(57)58-52(49-45-41-39-42-46-50-53(55)56)48-44-40-37-35-33-31-29-20-18-16-14-12-10-8-6-4-2/h52H,3-51H2,1-2H3,(H,55,56). The van der Waals surface area contributed by atoms with Gasteiger partial charge in [0.1, 0.15) is 6.10 Å². The Hall–Kier alpha value is -1.06. The Kier molecular flexibility index (Phi) is 49.4. The first-order valence-corrected chi connectivity index (χ1v) is 27.0. The van der Waals surface area contributed by atoms with Gasteiger partial charge in [0.05, 0.1) is 0 Å². The lowest BCUT2D eigenvalue weighted by Gasteiger charge is -2.18. The highest BCUT2D eigenvalue weighted by molar-refractivity contribution is 5.69. The van der Waals surface area contributed by atoms with Crippen LogP contribution in [0, 0.1) is 0 Å². The molecule has 0 aliphatic rings. The summed E-state index contributed by atoms with van der Waals surface area (Å²) in [6.45, 7) is 4.59. The van der Waals surface area contributed by atoms with E-state index in [2.05, 4.69) is 13.8 Å². The van der Waals surface area contributed by atoms with Gasteiger partial charge in [-0.25, -0.2) is 0 Å². The number of hydrogen-bond donors (Lipinski definition) is 1. The molecular formula is C54H106O4. The molecule has 0 amide bonds. The fraction of sp³-hybridized carbons (Fsp3) is 0.963. The summed E-state index contributed by atoms with van der Waals surface area (Å²) in [5.74, 6) is -0.677. The number of unbranched alkanes of at least 4 members (excludes halogenated alkanes) is 42. The zero-order chi connectivity index (χ0) is 42.1. The second kappa shape index (κ2) is 50.3. The quantitative estimate of drug-likeness (QED) is 0.0490. The molecule has 58 heavy (non-hydrogen) atoms. The fourth-order valence-electron chi connectivity index (χ4n) is 8.84. The SMILES string of the molecule is CCCCCCCCCCCCCCCCCCCCCCCCCCC(=O)OC(CCCCCCCCCCCCCCCCCC)CCCCCCCC(=O)O. The van der Waals surface area contributed by atoms with Gasteiger partial charge >= 0.3 is 11.9 Å². The number of rotatable bonds is 51. The van der Waals surface area contributed by atoms with E-state index in [0.717, 1.165) is 64.2 Å². The van der Waals surface area contributed by atoms with Crippen LogP contribution < -0.4 is 0 Å². The molecule has 4 nitrogen and oxygen atoms in total. The van der Waals surface area contributed by atoms with Gasteiger partial charge in [-0.05, 0) is 38.5 Å². The summed E-state index contributed by atoms with van der Waals surface area (Å²) < 4.78 is 6.07. The summed E-state index contributed by atoms with van der Waals surface area (Å²) >= 11 is 0. The summed E-state index contributed by atoms with van der Waals surface area (Å²) in [7, 11) is 0. The van der Waals surface area contributed by atoms with E-state index in [1.165, 1.54) is 238 Å². The van der Waals surface area contributed by atoms with Crippen LogP contribution in [-0.2, 0) is 14.3 Å². The topological polar surface area (TPSA) is 63.6 Å². The smallest absolute Gasteiger partial charge is 0.306 e. The summed E-state index contributed by atoms with van der Waals surface area (Å²) in [5.41, 5.74) is 0. The average molecular weight is 819 g/mol. The molecule has 0 aliphatic carbocycles. The van der Waals surface area contributed by atoms with Crippen molar-refractivity contribution in [1.82, 2.24) is 0 Å². The predicted molar refractivity (Wildman–Crippen MR) is 255 cm³/mol. The van der Waals surface area contributed by atoms with Crippen molar-refractivity contribution in [2.45, 2.75) is 335 Å². The zero-order valence-corrected chi connectivity index (χ0v) is 39.9. The van der Waals surface area contributed by atoms with E-state index in [-0.39, 0.29) is 18.5 Å². The van der Waals surface area contributed by atoms with Crippen LogP contribution in [-0.4, -0.2) is 23.1 Å². The molecule has 346 valence electrons. The van der Waals surface area contributed by atoms with Crippen LogP contribution in [0.15, 0.2) is 0 Å². The highest BCUT2D eigenvalue weighted by Gasteiger charge is 2.14. The van der Waals surface area contributed by atoms with Crippen LogP contribution in [0.25, 0.3) is 0 Å². The first kappa shape index (κ1) is 56.9. The Morgan fingerprint density at radius 2 is 0.517 bits per heavy atom. The van der Waals surface area contributed by atoms with Crippen molar-refractivity contribution in [2.24, 2.45) is 0 Å². The van der Waals surface area contributed by atoms with E-state index in [0.29, 0.717) is 6.42 Å². The molecule has 0 saturated heterocycles. The predicted octanol–water partition coefficient (Wildman–Crippen LogP) is 19.1. The van der Waals surface area contributed by atoms with Crippen LogP contribution in [0.4, 0.5) is 0 Å². The molecule has 0 heterocycles. The van der Waals surface area contributed by atoms with Crippen molar-refractivity contribution in [1.29, 1.82) is 0 Å².